The molecule has 1 aromatic heterocycles. The molecule has 0 spiro atoms. The van der Waals surface area contributed by atoms with Crippen molar-refractivity contribution in [1.29, 1.82) is 0 Å². The van der Waals surface area contributed by atoms with E-state index in [0.717, 1.165) is 45.3 Å². The van der Waals surface area contributed by atoms with Crippen LogP contribution in [0.4, 0.5) is 17.1 Å². The topological polar surface area (TPSA) is 41.7 Å². The Morgan fingerprint density at radius 1 is 0.759 bits per heavy atom. The van der Waals surface area contributed by atoms with Gasteiger partial charge in [-0.25, -0.2) is 9.98 Å². The highest BCUT2D eigenvalue weighted by Gasteiger charge is 2.28. The second-order valence-electron chi connectivity index (χ2n) is 7.17. The number of fused-ring (bicyclic) bond motifs is 5. The second-order valence-corrected chi connectivity index (χ2v) is 7.17. The third-order valence-electron chi connectivity index (χ3n) is 5.46. The van der Waals surface area contributed by atoms with Crippen molar-refractivity contribution in [2.75, 3.05) is 5.32 Å². The lowest BCUT2D eigenvalue weighted by atomic mass is 10.0. The van der Waals surface area contributed by atoms with E-state index >= 15 is 0 Å². The van der Waals surface area contributed by atoms with Crippen molar-refractivity contribution < 1.29 is 0 Å². The van der Waals surface area contributed by atoms with E-state index in [1.807, 2.05) is 30.3 Å². The molecule has 2 aliphatic heterocycles. The van der Waals surface area contributed by atoms with E-state index in [1.165, 1.54) is 0 Å². The van der Waals surface area contributed by atoms with Gasteiger partial charge in [0.2, 0.25) is 0 Å². The highest BCUT2D eigenvalue weighted by atomic mass is 15.1. The molecule has 1 atom stereocenters. The van der Waals surface area contributed by atoms with Crippen LogP contribution in [0, 0.1) is 0 Å². The van der Waals surface area contributed by atoms with Crippen molar-refractivity contribution >= 4 is 29.1 Å². The monoisotopic (exact) mass is 373 g/mol. The van der Waals surface area contributed by atoms with Gasteiger partial charge in [0.1, 0.15) is 18.1 Å². The second kappa shape index (κ2) is 6.31. The number of benzene rings is 3. The first kappa shape index (κ1) is 16.1. The Morgan fingerprint density at radius 2 is 1.52 bits per heavy atom. The molecule has 137 valence electrons. The Kier molecular flexibility index (Phi) is 3.50. The average Bonchev–Trinajstić information content (AvgIpc) is 3.07. The largest absolute Gasteiger partial charge is 0.341 e. The molecule has 0 saturated heterocycles. The van der Waals surface area contributed by atoms with Crippen molar-refractivity contribution in [2.45, 2.75) is 6.04 Å². The fraction of sp³-hybridized carbons (Fsp3) is 0.0400. The maximum Gasteiger partial charge on any atom is 0.135 e. The van der Waals surface area contributed by atoms with Crippen LogP contribution in [-0.4, -0.2) is 16.6 Å². The molecule has 0 amide bonds. The molecule has 1 radical (unpaired) electrons. The summed E-state index contributed by atoms with van der Waals surface area (Å²) >= 11 is 0. The average molecular weight is 373 g/mol. The summed E-state index contributed by atoms with van der Waals surface area (Å²) in [6.45, 7) is 0. The Hall–Kier alpha value is -3.92. The Labute approximate surface area is 168 Å². The van der Waals surface area contributed by atoms with Gasteiger partial charge in [0.05, 0.1) is 17.1 Å². The van der Waals surface area contributed by atoms with Gasteiger partial charge >= 0.3 is 0 Å². The van der Waals surface area contributed by atoms with E-state index in [2.05, 4.69) is 81.9 Å². The molecular weight excluding hydrogens is 356 g/mol. The quantitative estimate of drug-likeness (QED) is 0.447. The zero-order valence-electron chi connectivity index (χ0n) is 15.6. The van der Waals surface area contributed by atoms with Gasteiger partial charge < -0.3 is 9.88 Å². The fourth-order valence-corrected chi connectivity index (χ4v) is 4.13. The first-order valence-electron chi connectivity index (χ1n) is 9.65. The lowest BCUT2D eigenvalue weighted by Crippen LogP contribution is -2.27. The summed E-state index contributed by atoms with van der Waals surface area (Å²) in [5.41, 5.74) is 7.23. The van der Waals surface area contributed by atoms with Crippen molar-refractivity contribution in [3.05, 3.63) is 102 Å². The number of hydrogen-bond acceptors (Lipinski definition) is 3. The van der Waals surface area contributed by atoms with Gasteiger partial charge in [-0.2, -0.15) is 0 Å². The van der Waals surface area contributed by atoms with E-state index in [9.17, 15) is 0 Å². The summed E-state index contributed by atoms with van der Waals surface area (Å²) < 4.78 is 2.18. The van der Waals surface area contributed by atoms with E-state index in [4.69, 9.17) is 4.99 Å². The maximum absolute atomic E-state index is 5.11. The van der Waals surface area contributed by atoms with Crippen LogP contribution in [0.3, 0.4) is 0 Å². The molecule has 4 nitrogen and oxygen atoms in total. The zero-order chi connectivity index (χ0) is 19.2. The van der Waals surface area contributed by atoms with Gasteiger partial charge in [-0.15, -0.1) is 0 Å². The normalized spacial score (nSPS) is 16.3. The van der Waals surface area contributed by atoms with Crippen LogP contribution in [0.5, 0.6) is 0 Å². The smallest absolute Gasteiger partial charge is 0.135 e. The summed E-state index contributed by atoms with van der Waals surface area (Å²) in [6.07, 6.45) is 5.26. The van der Waals surface area contributed by atoms with E-state index in [1.54, 1.807) is 0 Å². The predicted molar refractivity (Wildman–Crippen MR) is 118 cm³/mol. The van der Waals surface area contributed by atoms with Crippen molar-refractivity contribution in [1.82, 2.24) is 4.57 Å². The van der Waals surface area contributed by atoms with E-state index < -0.39 is 0 Å². The number of rotatable bonds is 1. The van der Waals surface area contributed by atoms with Gasteiger partial charge in [-0.3, -0.25) is 0 Å². The minimum absolute atomic E-state index is 0.130. The number of aliphatic imine (C=N–C) groups is 2. The zero-order valence-corrected chi connectivity index (χ0v) is 15.6. The Morgan fingerprint density at radius 3 is 2.45 bits per heavy atom. The number of aromatic nitrogens is 1. The third kappa shape index (κ3) is 2.53. The van der Waals surface area contributed by atoms with Gasteiger partial charge in [0.25, 0.3) is 0 Å². The molecular formula is C25H17N4. The van der Waals surface area contributed by atoms with Crippen LogP contribution >= 0.6 is 0 Å². The summed E-state index contributed by atoms with van der Waals surface area (Å²) in [7, 11) is 0. The number of nitrogens with zero attached hydrogens (tertiary/aromatic N) is 3. The highest BCUT2D eigenvalue weighted by Crippen LogP contribution is 2.41. The maximum atomic E-state index is 5.11. The molecule has 3 aromatic carbocycles. The molecule has 0 aliphatic carbocycles. The third-order valence-corrected chi connectivity index (χ3v) is 5.46. The molecule has 1 unspecified atom stereocenters. The lowest BCUT2D eigenvalue weighted by molar-refractivity contribution is 0.738. The summed E-state index contributed by atoms with van der Waals surface area (Å²) in [6, 6.07) is 28.8. The Balaban J connectivity index is 1.62. The highest BCUT2D eigenvalue weighted by molar-refractivity contribution is 6.08. The molecule has 29 heavy (non-hydrogen) atoms. The van der Waals surface area contributed by atoms with Crippen LogP contribution in [0.2, 0.25) is 0 Å². The predicted octanol–water partition coefficient (Wildman–Crippen LogP) is 5.84. The van der Waals surface area contributed by atoms with Gasteiger partial charge in [0, 0.05) is 28.6 Å². The summed E-state index contributed by atoms with van der Waals surface area (Å²) in [4.78, 5) is 9.72. The van der Waals surface area contributed by atoms with E-state index in [-0.39, 0.29) is 6.04 Å². The molecule has 0 saturated carbocycles. The molecule has 4 aromatic rings. The molecule has 4 heteroatoms. The fourth-order valence-electron chi connectivity index (χ4n) is 4.13. The first-order valence-corrected chi connectivity index (χ1v) is 9.65. The number of anilines is 1. The number of amidine groups is 1. The van der Waals surface area contributed by atoms with Crippen LogP contribution in [0.15, 0.2) is 101 Å². The minimum atomic E-state index is -0.130. The van der Waals surface area contributed by atoms with E-state index in [0.29, 0.717) is 0 Å². The number of para-hydroxylation sites is 3. The molecule has 0 fully saturated rings. The first-order chi connectivity index (χ1) is 14.4. The van der Waals surface area contributed by atoms with Crippen LogP contribution in [0.1, 0.15) is 17.3 Å². The van der Waals surface area contributed by atoms with Crippen LogP contribution in [0.25, 0.3) is 11.1 Å². The standard InChI is InChI=1S/C25H17N4/c1-5-13-22-18(9-1)19-10-2-6-14-23(19)28-25(27-22)24-20-11-3-4-12-21(20)26-16-17-8-7-15-29(17)24/h1-15,24H,(H,27,28). The number of hydrogen-bond donors (Lipinski definition) is 1. The van der Waals surface area contributed by atoms with Crippen LogP contribution in [-0.2, 0) is 0 Å². The van der Waals surface area contributed by atoms with Crippen molar-refractivity contribution in [3.8, 4) is 11.1 Å². The Bertz CT molecular complexity index is 1300. The molecule has 6 rings (SSSR count). The molecule has 1 N–H and O–H groups in total. The SMILES string of the molecule is [C]1=Nc2ccccc2C(C2=Nc3ccccc3-c3ccccc3N2)n2cccc21. The van der Waals surface area contributed by atoms with Gasteiger partial charge in [-0.1, -0.05) is 54.6 Å². The lowest BCUT2D eigenvalue weighted by Gasteiger charge is -2.23. The van der Waals surface area contributed by atoms with Crippen LogP contribution < -0.4 is 5.32 Å². The van der Waals surface area contributed by atoms with Gasteiger partial charge in [-0.05, 0) is 30.3 Å². The molecule has 2 aliphatic rings. The number of nitrogens with one attached hydrogen (secondary N) is 1. The molecule has 0 bridgehead atoms. The minimum Gasteiger partial charge on any atom is -0.341 e. The van der Waals surface area contributed by atoms with Crippen molar-refractivity contribution in [3.63, 3.8) is 0 Å². The summed E-state index contributed by atoms with van der Waals surface area (Å²) in [5, 5.41) is 3.64. The van der Waals surface area contributed by atoms with Gasteiger partial charge in [0.15, 0.2) is 0 Å². The molecule has 3 heterocycles. The van der Waals surface area contributed by atoms with Crippen molar-refractivity contribution in [2.24, 2.45) is 9.98 Å². The summed E-state index contributed by atoms with van der Waals surface area (Å²) in [5.74, 6) is 0.867.